The third-order valence-corrected chi connectivity index (χ3v) is 8.46. The fourth-order valence-corrected chi connectivity index (χ4v) is 5.99. The summed E-state index contributed by atoms with van der Waals surface area (Å²) in [4.78, 5) is 37.3. The summed E-state index contributed by atoms with van der Waals surface area (Å²) in [7, 11) is 0. The van der Waals surface area contributed by atoms with Crippen LogP contribution in [0.4, 0.5) is 25.8 Å². The smallest absolute Gasteiger partial charge is 0.247 e. The van der Waals surface area contributed by atoms with Crippen LogP contribution in [0.15, 0.2) is 79.3 Å². The lowest BCUT2D eigenvalue weighted by Gasteiger charge is -2.34. The van der Waals surface area contributed by atoms with Crippen LogP contribution >= 0.6 is 11.6 Å². The van der Waals surface area contributed by atoms with Crippen LogP contribution in [0.2, 0.25) is 5.02 Å². The Kier molecular flexibility index (Phi) is 8.39. The molecule has 2 bridgehead atoms. The number of hydrogen-bond acceptors (Lipinski definition) is 5. The summed E-state index contributed by atoms with van der Waals surface area (Å²) >= 11 is 5.91. The van der Waals surface area contributed by atoms with Gasteiger partial charge < -0.3 is 15.5 Å². The number of nitrogens with zero attached hydrogens (tertiary/aromatic N) is 3. The van der Waals surface area contributed by atoms with E-state index in [-0.39, 0.29) is 52.9 Å². The largest absolute Gasteiger partial charge is 0.354 e. The lowest BCUT2D eigenvalue weighted by Crippen LogP contribution is -2.38. The van der Waals surface area contributed by atoms with Gasteiger partial charge in [0.25, 0.3) is 0 Å². The molecule has 0 radical (unpaired) electrons. The average Bonchev–Trinajstić information content (AvgIpc) is 3.02. The molecule has 0 aliphatic carbocycles. The van der Waals surface area contributed by atoms with E-state index in [1.54, 1.807) is 23.5 Å². The maximum atomic E-state index is 14.8. The van der Waals surface area contributed by atoms with Gasteiger partial charge in [0.2, 0.25) is 11.8 Å². The van der Waals surface area contributed by atoms with Crippen LogP contribution in [0.25, 0.3) is 16.7 Å². The van der Waals surface area contributed by atoms with Gasteiger partial charge in [0.05, 0.1) is 39.9 Å². The van der Waals surface area contributed by atoms with Gasteiger partial charge in [0.15, 0.2) is 5.82 Å². The summed E-state index contributed by atoms with van der Waals surface area (Å²) in [6, 6.07) is 15.2. The standard InChI is InChI=1S/C34H30ClF2N5O2/c1-20-4-2-6-30(42-15-12-22(17-31(42)43)32-27(36)10-9-26(35)33(32)37)29-16-21(11-14-39-29)25-8-7-23(18-28(25)41-34(20)44)40-24-5-3-13-38-19-24/h3,5,7-11,13-14,16-20,30,40H,2,4,6,12,15H2,1H3,(H,41,44)/t20?,30-/m0/s1. The molecule has 6 rings (SSSR count). The van der Waals surface area contributed by atoms with E-state index in [0.717, 1.165) is 34.6 Å². The van der Waals surface area contributed by atoms with Crippen LogP contribution in [-0.4, -0.2) is 33.2 Å². The Hall–Kier alpha value is -4.63. The number of benzene rings is 2. The zero-order chi connectivity index (χ0) is 30.8. The van der Waals surface area contributed by atoms with E-state index >= 15 is 0 Å². The van der Waals surface area contributed by atoms with Crippen LogP contribution < -0.4 is 10.6 Å². The van der Waals surface area contributed by atoms with Gasteiger partial charge in [-0.1, -0.05) is 31.0 Å². The van der Waals surface area contributed by atoms with Gasteiger partial charge in [0.1, 0.15) is 5.82 Å². The highest BCUT2D eigenvalue weighted by atomic mass is 35.5. The second kappa shape index (κ2) is 12.5. The number of hydrogen-bond donors (Lipinski definition) is 2. The summed E-state index contributed by atoms with van der Waals surface area (Å²) < 4.78 is 29.4. The third kappa shape index (κ3) is 6.05. The zero-order valence-corrected chi connectivity index (χ0v) is 24.7. The summed E-state index contributed by atoms with van der Waals surface area (Å²) in [5, 5.41) is 6.25. The number of halogens is 3. The van der Waals surface area contributed by atoms with E-state index in [4.69, 9.17) is 11.6 Å². The monoisotopic (exact) mass is 613 g/mol. The maximum Gasteiger partial charge on any atom is 0.247 e. The number of rotatable bonds is 4. The minimum Gasteiger partial charge on any atom is -0.354 e. The van der Waals surface area contributed by atoms with E-state index in [2.05, 4.69) is 20.6 Å². The summed E-state index contributed by atoms with van der Waals surface area (Å²) in [6.45, 7) is 2.14. The predicted octanol–water partition coefficient (Wildman–Crippen LogP) is 7.93. The zero-order valence-electron chi connectivity index (χ0n) is 24.0. The molecule has 10 heteroatoms. The molecule has 0 fully saturated rings. The van der Waals surface area contributed by atoms with Gasteiger partial charge in [-0.05, 0) is 78.9 Å². The van der Waals surface area contributed by atoms with E-state index in [1.165, 1.54) is 6.08 Å². The summed E-state index contributed by atoms with van der Waals surface area (Å²) in [5.74, 6) is -2.36. The Morgan fingerprint density at radius 1 is 1.02 bits per heavy atom. The number of anilines is 3. The molecule has 2 amide bonds. The lowest BCUT2D eigenvalue weighted by atomic mass is 9.92. The number of amides is 2. The van der Waals surface area contributed by atoms with Gasteiger partial charge in [-0.15, -0.1) is 0 Å². The van der Waals surface area contributed by atoms with Crippen LogP contribution in [0.1, 0.15) is 49.9 Å². The Morgan fingerprint density at radius 2 is 1.89 bits per heavy atom. The first-order valence-corrected chi connectivity index (χ1v) is 14.9. The van der Waals surface area contributed by atoms with Crippen molar-refractivity contribution in [3.63, 3.8) is 0 Å². The topological polar surface area (TPSA) is 87.2 Å². The first-order valence-electron chi connectivity index (χ1n) is 14.5. The van der Waals surface area contributed by atoms with Gasteiger partial charge in [-0.3, -0.25) is 19.6 Å². The number of carbonyl (C=O) groups is 2. The molecule has 1 unspecified atom stereocenters. The molecule has 7 nitrogen and oxygen atoms in total. The molecule has 4 aromatic rings. The highest BCUT2D eigenvalue weighted by Gasteiger charge is 2.31. The molecular formula is C34H30ClF2N5O2. The van der Waals surface area contributed by atoms with E-state index < -0.39 is 11.6 Å². The third-order valence-electron chi connectivity index (χ3n) is 8.17. The fourth-order valence-electron chi connectivity index (χ4n) is 5.83. The number of fused-ring (bicyclic) bond motifs is 4. The number of carbonyl (C=O) groups excluding carboxylic acids is 2. The van der Waals surface area contributed by atoms with Gasteiger partial charge >= 0.3 is 0 Å². The van der Waals surface area contributed by atoms with Crippen molar-refractivity contribution >= 4 is 46.1 Å². The van der Waals surface area contributed by atoms with Crippen molar-refractivity contribution in [3.05, 3.63) is 107 Å². The van der Waals surface area contributed by atoms with E-state index in [1.807, 2.05) is 49.4 Å². The molecule has 2 aromatic carbocycles. The molecule has 0 spiro atoms. The number of pyridine rings is 2. The first kappa shape index (κ1) is 29.4. The second-order valence-electron chi connectivity index (χ2n) is 11.1. The van der Waals surface area contributed by atoms with E-state index in [0.29, 0.717) is 30.6 Å². The van der Waals surface area contributed by atoms with Gasteiger partial charge in [-0.25, -0.2) is 8.78 Å². The average molecular weight is 614 g/mol. The Labute approximate surface area is 259 Å². The Balaban J connectivity index is 1.36. The SMILES string of the molecule is CC1CCC[C@H](N2CCC(c3c(F)ccc(Cl)c3F)=CC2=O)c2cc(ccn2)-c2ccc(Nc3cccnc3)cc2NC1=O. The van der Waals surface area contributed by atoms with Crippen molar-refractivity contribution < 1.29 is 18.4 Å². The molecule has 0 saturated heterocycles. The fraction of sp³-hybridized carbons (Fsp3) is 0.235. The molecule has 44 heavy (non-hydrogen) atoms. The highest BCUT2D eigenvalue weighted by molar-refractivity contribution is 6.31. The molecule has 2 N–H and O–H groups in total. The Morgan fingerprint density at radius 3 is 2.68 bits per heavy atom. The number of aromatic nitrogens is 2. The van der Waals surface area contributed by atoms with Crippen LogP contribution in [0.5, 0.6) is 0 Å². The Bertz CT molecular complexity index is 1760. The first-order chi connectivity index (χ1) is 21.3. The highest BCUT2D eigenvalue weighted by Crippen LogP contribution is 2.38. The molecule has 0 saturated carbocycles. The van der Waals surface area contributed by atoms with Crippen molar-refractivity contribution in [2.75, 3.05) is 17.2 Å². The van der Waals surface area contributed by atoms with Gasteiger partial charge in [-0.2, -0.15) is 0 Å². The van der Waals surface area contributed by atoms with Crippen molar-refractivity contribution in [2.45, 2.75) is 38.6 Å². The van der Waals surface area contributed by atoms with Crippen molar-refractivity contribution in [3.8, 4) is 11.1 Å². The predicted molar refractivity (Wildman–Crippen MR) is 167 cm³/mol. The van der Waals surface area contributed by atoms with Crippen LogP contribution in [-0.2, 0) is 9.59 Å². The molecule has 2 aromatic heterocycles. The van der Waals surface area contributed by atoms with Gasteiger partial charge in [0, 0.05) is 42.2 Å². The quantitative estimate of drug-likeness (QED) is 0.228. The number of nitrogens with one attached hydrogen (secondary N) is 2. The van der Waals surface area contributed by atoms with Crippen LogP contribution in [0.3, 0.4) is 0 Å². The molecule has 2 aliphatic rings. The van der Waals surface area contributed by atoms with Crippen molar-refractivity contribution in [2.24, 2.45) is 5.92 Å². The van der Waals surface area contributed by atoms with Crippen LogP contribution in [0, 0.1) is 17.6 Å². The summed E-state index contributed by atoms with van der Waals surface area (Å²) in [5.41, 5.74) is 4.61. The van der Waals surface area contributed by atoms with E-state index in [9.17, 15) is 18.4 Å². The van der Waals surface area contributed by atoms with Crippen molar-refractivity contribution in [1.29, 1.82) is 0 Å². The minimum atomic E-state index is -0.871. The second-order valence-corrected chi connectivity index (χ2v) is 11.5. The normalized spacial score (nSPS) is 18.8. The molecular weight excluding hydrogens is 584 g/mol. The molecule has 2 aliphatic heterocycles. The maximum absolute atomic E-state index is 14.8. The lowest BCUT2D eigenvalue weighted by molar-refractivity contribution is -0.129. The molecule has 4 heterocycles. The van der Waals surface area contributed by atoms with Crippen molar-refractivity contribution in [1.82, 2.24) is 14.9 Å². The molecule has 2 atom stereocenters. The minimum absolute atomic E-state index is 0.0941. The molecule has 224 valence electrons. The summed E-state index contributed by atoms with van der Waals surface area (Å²) in [6.07, 6.45) is 8.51.